The SMILES string of the molecule is Cc1nn(C)c(C)c1CCC(O)Cc1cc(Br)cs1. The first-order valence-corrected chi connectivity index (χ1v) is 8.04. The number of aliphatic hydroxyl groups is 1. The van der Waals surface area contributed by atoms with Gasteiger partial charge in [-0.25, -0.2) is 0 Å². The summed E-state index contributed by atoms with van der Waals surface area (Å²) in [7, 11) is 1.96. The van der Waals surface area contributed by atoms with Gasteiger partial charge in [-0.05, 0) is 54.2 Å². The lowest BCUT2D eigenvalue weighted by molar-refractivity contribution is 0.166. The highest BCUT2D eigenvalue weighted by molar-refractivity contribution is 9.10. The van der Waals surface area contributed by atoms with E-state index in [1.165, 1.54) is 16.1 Å². The minimum atomic E-state index is -0.287. The fourth-order valence-corrected chi connectivity index (χ4v) is 3.81. The van der Waals surface area contributed by atoms with Gasteiger partial charge in [-0.2, -0.15) is 5.10 Å². The highest BCUT2D eigenvalue weighted by Gasteiger charge is 2.13. The first kappa shape index (κ1) is 14.8. The summed E-state index contributed by atoms with van der Waals surface area (Å²) in [6, 6.07) is 2.08. The van der Waals surface area contributed by atoms with Gasteiger partial charge in [0.05, 0.1) is 11.8 Å². The maximum atomic E-state index is 10.1. The van der Waals surface area contributed by atoms with Crippen LogP contribution >= 0.6 is 27.3 Å². The van der Waals surface area contributed by atoms with Crippen LogP contribution in [0.4, 0.5) is 0 Å². The first-order valence-electron chi connectivity index (χ1n) is 6.37. The van der Waals surface area contributed by atoms with E-state index >= 15 is 0 Å². The van der Waals surface area contributed by atoms with E-state index < -0.39 is 0 Å². The smallest absolute Gasteiger partial charge is 0.0628 e. The van der Waals surface area contributed by atoms with Gasteiger partial charge in [-0.1, -0.05) is 0 Å². The molecule has 2 rings (SSSR count). The average molecular weight is 343 g/mol. The normalized spacial score (nSPS) is 12.9. The third-order valence-electron chi connectivity index (χ3n) is 3.45. The Kier molecular flexibility index (Phi) is 4.81. The summed E-state index contributed by atoms with van der Waals surface area (Å²) < 4.78 is 3.01. The number of hydrogen-bond acceptors (Lipinski definition) is 3. The van der Waals surface area contributed by atoms with E-state index in [2.05, 4.69) is 39.4 Å². The zero-order valence-corrected chi connectivity index (χ0v) is 13.9. The van der Waals surface area contributed by atoms with E-state index in [9.17, 15) is 5.11 Å². The molecule has 0 fully saturated rings. The number of rotatable bonds is 5. The van der Waals surface area contributed by atoms with Gasteiger partial charge in [0, 0.05) is 33.9 Å². The maximum Gasteiger partial charge on any atom is 0.0628 e. The van der Waals surface area contributed by atoms with Crippen LogP contribution in [0, 0.1) is 13.8 Å². The van der Waals surface area contributed by atoms with Gasteiger partial charge < -0.3 is 5.11 Å². The van der Waals surface area contributed by atoms with Crippen LogP contribution in [0.1, 0.15) is 28.2 Å². The Morgan fingerprint density at radius 1 is 1.47 bits per heavy atom. The molecule has 2 aromatic heterocycles. The molecule has 1 N–H and O–H groups in total. The standard InChI is InChI=1S/C14H19BrN2OS/c1-9-14(10(2)17(3)16-9)5-4-12(18)7-13-6-11(15)8-19-13/h6,8,12,18H,4-5,7H2,1-3H3. The molecule has 0 aliphatic carbocycles. The lowest BCUT2D eigenvalue weighted by Crippen LogP contribution is -2.11. The Morgan fingerprint density at radius 3 is 2.74 bits per heavy atom. The van der Waals surface area contributed by atoms with Gasteiger partial charge in [0.2, 0.25) is 0 Å². The van der Waals surface area contributed by atoms with Gasteiger partial charge in [-0.3, -0.25) is 4.68 Å². The van der Waals surface area contributed by atoms with Crippen molar-refractivity contribution in [2.24, 2.45) is 7.05 Å². The van der Waals surface area contributed by atoms with Crippen LogP contribution in [0.2, 0.25) is 0 Å². The van der Waals surface area contributed by atoms with E-state index in [1.807, 2.05) is 18.7 Å². The number of aromatic nitrogens is 2. The zero-order chi connectivity index (χ0) is 14.0. The Balaban J connectivity index is 1.91. The largest absolute Gasteiger partial charge is 0.393 e. The molecule has 0 aliphatic rings. The average Bonchev–Trinajstić information content (AvgIpc) is 2.83. The molecule has 1 atom stereocenters. The Morgan fingerprint density at radius 2 is 2.21 bits per heavy atom. The lowest BCUT2D eigenvalue weighted by atomic mass is 10.0. The topological polar surface area (TPSA) is 38.0 Å². The molecule has 0 spiro atoms. The summed E-state index contributed by atoms with van der Waals surface area (Å²) >= 11 is 5.12. The molecule has 0 radical (unpaired) electrons. The molecule has 5 heteroatoms. The predicted molar refractivity (Wildman–Crippen MR) is 82.7 cm³/mol. The van der Waals surface area contributed by atoms with E-state index in [0.717, 1.165) is 29.4 Å². The van der Waals surface area contributed by atoms with Crippen LogP contribution in [-0.4, -0.2) is 21.0 Å². The van der Waals surface area contributed by atoms with Crippen LogP contribution in [0.25, 0.3) is 0 Å². The van der Waals surface area contributed by atoms with Gasteiger partial charge >= 0.3 is 0 Å². The second-order valence-corrected chi connectivity index (χ2v) is 6.81. The minimum absolute atomic E-state index is 0.287. The van der Waals surface area contributed by atoms with Crippen molar-refractivity contribution in [3.05, 3.63) is 37.7 Å². The van der Waals surface area contributed by atoms with Crippen LogP contribution in [0.5, 0.6) is 0 Å². The summed E-state index contributed by atoms with van der Waals surface area (Å²) in [4.78, 5) is 1.22. The molecular weight excluding hydrogens is 324 g/mol. The Hall–Kier alpha value is -0.650. The second kappa shape index (κ2) is 6.20. The number of aliphatic hydroxyl groups excluding tert-OH is 1. The molecule has 104 valence electrons. The van der Waals surface area contributed by atoms with E-state index in [4.69, 9.17) is 0 Å². The molecule has 0 bridgehead atoms. The molecule has 0 saturated heterocycles. The van der Waals surface area contributed by atoms with Crippen molar-refractivity contribution in [1.82, 2.24) is 9.78 Å². The van der Waals surface area contributed by atoms with Crippen LogP contribution < -0.4 is 0 Å². The lowest BCUT2D eigenvalue weighted by Gasteiger charge is -2.09. The quantitative estimate of drug-likeness (QED) is 0.904. The highest BCUT2D eigenvalue weighted by Crippen LogP contribution is 2.22. The number of aryl methyl sites for hydroxylation is 2. The van der Waals surface area contributed by atoms with E-state index in [1.54, 1.807) is 11.3 Å². The van der Waals surface area contributed by atoms with Crippen molar-refractivity contribution >= 4 is 27.3 Å². The van der Waals surface area contributed by atoms with Crippen molar-refractivity contribution in [2.45, 2.75) is 39.2 Å². The fourth-order valence-electron chi connectivity index (χ4n) is 2.29. The van der Waals surface area contributed by atoms with Crippen LogP contribution in [0.3, 0.4) is 0 Å². The van der Waals surface area contributed by atoms with E-state index in [0.29, 0.717) is 0 Å². The molecule has 2 heterocycles. The van der Waals surface area contributed by atoms with Crippen LogP contribution in [-0.2, 0) is 19.9 Å². The number of hydrogen-bond donors (Lipinski definition) is 1. The zero-order valence-electron chi connectivity index (χ0n) is 11.5. The molecule has 2 aromatic rings. The van der Waals surface area contributed by atoms with Crippen molar-refractivity contribution in [2.75, 3.05) is 0 Å². The summed E-state index contributed by atoms with van der Waals surface area (Å²) in [6.45, 7) is 4.11. The highest BCUT2D eigenvalue weighted by atomic mass is 79.9. The minimum Gasteiger partial charge on any atom is -0.393 e. The van der Waals surface area contributed by atoms with Crippen LogP contribution in [0.15, 0.2) is 15.9 Å². The molecule has 19 heavy (non-hydrogen) atoms. The van der Waals surface area contributed by atoms with E-state index in [-0.39, 0.29) is 6.10 Å². The van der Waals surface area contributed by atoms with Gasteiger partial charge in [-0.15, -0.1) is 11.3 Å². The Bertz CT molecular complexity index is 562. The fraction of sp³-hybridized carbons (Fsp3) is 0.500. The molecule has 3 nitrogen and oxygen atoms in total. The molecule has 0 aliphatic heterocycles. The molecular formula is C14H19BrN2OS. The summed E-state index contributed by atoms with van der Waals surface area (Å²) in [5.74, 6) is 0. The first-order chi connectivity index (χ1) is 8.97. The van der Waals surface area contributed by atoms with Gasteiger partial charge in [0.25, 0.3) is 0 Å². The van der Waals surface area contributed by atoms with Gasteiger partial charge in [0.1, 0.15) is 0 Å². The third-order valence-corrected chi connectivity index (χ3v) is 5.16. The van der Waals surface area contributed by atoms with Gasteiger partial charge in [0.15, 0.2) is 0 Å². The number of thiophene rings is 1. The maximum absolute atomic E-state index is 10.1. The number of nitrogens with zero attached hydrogens (tertiary/aromatic N) is 2. The van der Waals surface area contributed by atoms with Crippen molar-refractivity contribution in [1.29, 1.82) is 0 Å². The van der Waals surface area contributed by atoms with Crippen molar-refractivity contribution in [3.63, 3.8) is 0 Å². The summed E-state index contributed by atoms with van der Waals surface area (Å²) in [5, 5.41) is 16.6. The monoisotopic (exact) mass is 342 g/mol. The summed E-state index contributed by atoms with van der Waals surface area (Å²) in [5.41, 5.74) is 3.54. The van der Waals surface area contributed by atoms with Crippen molar-refractivity contribution in [3.8, 4) is 0 Å². The summed E-state index contributed by atoms with van der Waals surface area (Å²) in [6.07, 6.45) is 2.11. The molecule has 0 amide bonds. The Labute approximate surface area is 126 Å². The van der Waals surface area contributed by atoms with Crippen molar-refractivity contribution < 1.29 is 5.11 Å². The number of halogens is 1. The predicted octanol–water partition coefficient (Wildman–Crippen LogP) is 3.40. The second-order valence-electron chi connectivity index (χ2n) is 4.90. The molecule has 0 saturated carbocycles. The third kappa shape index (κ3) is 3.68. The molecule has 0 aromatic carbocycles. The molecule has 1 unspecified atom stereocenters.